The Balaban J connectivity index is 1.78. The number of carbonyl (C=O) groups excluding carboxylic acids is 1. The van der Waals surface area contributed by atoms with Crippen molar-refractivity contribution in [3.8, 4) is 5.69 Å². The number of hydrogen-bond donors (Lipinski definition) is 0. The van der Waals surface area contributed by atoms with E-state index < -0.39 is 0 Å². The number of nitrogens with zero attached hydrogens (tertiary/aromatic N) is 4. The SMILES string of the molecule is [C-]#[N+]c1ccc(-n2c(C)c(C(=O)CN3CCCCC3)c3ncccc32)cc1. The Labute approximate surface area is 159 Å². The first-order valence-corrected chi connectivity index (χ1v) is 9.38. The van der Waals surface area contributed by atoms with Gasteiger partial charge in [0.1, 0.15) is 0 Å². The van der Waals surface area contributed by atoms with Gasteiger partial charge in [0.25, 0.3) is 0 Å². The minimum Gasteiger partial charge on any atom is -0.312 e. The molecule has 1 fully saturated rings. The summed E-state index contributed by atoms with van der Waals surface area (Å²) in [6.45, 7) is 11.6. The van der Waals surface area contributed by atoms with Gasteiger partial charge in [-0.25, -0.2) is 4.85 Å². The molecule has 0 bridgehead atoms. The van der Waals surface area contributed by atoms with Gasteiger partial charge in [0.05, 0.1) is 29.7 Å². The van der Waals surface area contributed by atoms with Crippen molar-refractivity contribution in [1.29, 1.82) is 0 Å². The standard InChI is InChI=1S/C22H22N4O/c1-16-21(20(27)15-25-13-4-3-5-14-25)22-19(7-6-12-24-22)26(16)18-10-8-17(23-2)9-11-18/h6-12H,3-5,13-15H2,1H3. The van der Waals surface area contributed by atoms with E-state index in [0.29, 0.717) is 17.8 Å². The number of aromatic nitrogens is 2. The first kappa shape index (κ1) is 17.4. The van der Waals surface area contributed by atoms with Crippen LogP contribution in [0.25, 0.3) is 21.6 Å². The highest BCUT2D eigenvalue weighted by Crippen LogP contribution is 2.29. The Hall–Kier alpha value is -2.97. The number of piperidine rings is 1. The van der Waals surface area contributed by atoms with E-state index in [0.717, 1.165) is 35.5 Å². The second-order valence-electron chi connectivity index (χ2n) is 7.06. The predicted octanol–water partition coefficient (Wildman–Crippen LogP) is 4.55. The van der Waals surface area contributed by atoms with Crippen LogP contribution in [0, 0.1) is 13.5 Å². The van der Waals surface area contributed by atoms with Gasteiger partial charge in [-0.15, -0.1) is 0 Å². The van der Waals surface area contributed by atoms with Crippen molar-refractivity contribution < 1.29 is 4.79 Å². The summed E-state index contributed by atoms with van der Waals surface area (Å²) in [4.78, 5) is 23.4. The topological polar surface area (TPSA) is 42.5 Å². The molecule has 1 saturated heterocycles. The highest BCUT2D eigenvalue weighted by atomic mass is 16.1. The van der Waals surface area contributed by atoms with Gasteiger partial charge in [0, 0.05) is 17.6 Å². The molecule has 0 saturated carbocycles. The van der Waals surface area contributed by atoms with Gasteiger partial charge in [-0.1, -0.05) is 18.6 Å². The zero-order chi connectivity index (χ0) is 18.8. The van der Waals surface area contributed by atoms with Crippen LogP contribution in [-0.2, 0) is 0 Å². The van der Waals surface area contributed by atoms with E-state index in [-0.39, 0.29) is 5.78 Å². The molecule has 2 aromatic heterocycles. The molecular weight excluding hydrogens is 336 g/mol. The van der Waals surface area contributed by atoms with Crippen LogP contribution in [-0.4, -0.2) is 39.9 Å². The quantitative estimate of drug-likeness (QED) is 0.507. The summed E-state index contributed by atoms with van der Waals surface area (Å²) < 4.78 is 2.07. The summed E-state index contributed by atoms with van der Waals surface area (Å²) in [6.07, 6.45) is 5.33. The summed E-state index contributed by atoms with van der Waals surface area (Å²) in [5.41, 5.74) is 4.84. The van der Waals surface area contributed by atoms with Crippen molar-refractivity contribution in [3.05, 3.63) is 65.3 Å². The molecule has 3 heterocycles. The maximum absolute atomic E-state index is 13.2. The van der Waals surface area contributed by atoms with E-state index in [1.807, 2.05) is 31.2 Å². The molecule has 0 aliphatic carbocycles. The summed E-state index contributed by atoms with van der Waals surface area (Å²) in [6, 6.07) is 11.3. The van der Waals surface area contributed by atoms with E-state index in [9.17, 15) is 4.79 Å². The predicted molar refractivity (Wildman–Crippen MR) is 107 cm³/mol. The van der Waals surface area contributed by atoms with Crippen molar-refractivity contribution >= 4 is 22.5 Å². The van der Waals surface area contributed by atoms with Crippen LogP contribution in [0.5, 0.6) is 0 Å². The zero-order valence-electron chi connectivity index (χ0n) is 15.5. The average molecular weight is 358 g/mol. The van der Waals surface area contributed by atoms with Gasteiger partial charge >= 0.3 is 0 Å². The zero-order valence-corrected chi connectivity index (χ0v) is 15.5. The largest absolute Gasteiger partial charge is 0.312 e. The average Bonchev–Trinajstić information content (AvgIpc) is 3.00. The van der Waals surface area contributed by atoms with Crippen LogP contribution in [0.3, 0.4) is 0 Å². The Morgan fingerprint density at radius 2 is 1.89 bits per heavy atom. The van der Waals surface area contributed by atoms with Crippen LogP contribution in [0.4, 0.5) is 5.69 Å². The van der Waals surface area contributed by atoms with Crippen LogP contribution in [0.15, 0.2) is 42.6 Å². The van der Waals surface area contributed by atoms with Gasteiger partial charge in [-0.2, -0.15) is 0 Å². The Kier molecular flexibility index (Phi) is 4.74. The van der Waals surface area contributed by atoms with Crippen LogP contribution in [0.1, 0.15) is 35.3 Å². The van der Waals surface area contributed by atoms with Crippen molar-refractivity contribution in [2.75, 3.05) is 19.6 Å². The second-order valence-corrected chi connectivity index (χ2v) is 7.06. The first-order chi connectivity index (χ1) is 13.2. The van der Waals surface area contributed by atoms with Crippen LogP contribution in [0.2, 0.25) is 0 Å². The molecule has 0 spiro atoms. The molecule has 27 heavy (non-hydrogen) atoms. The van der Waals surface area contributed by atoms with E-state index in [1.54, 1.807) is 18.3 Å². The normalized spacial score (nSPS) is 15.0. The third-order valence-corrected chi connectivity index (χ3v) is 5.29. The smallest absolute Gasteiger partial charge is 0.187 e. The van der Waals surface area contributed by atoms with Crippen molar-refractivity contribution in [2.45, 2.75) is 26.2 Å². The van der Waals surface area contributed by atoms with Crippen LogP contribution >= 0.6 is 0 Å². The van der Waals surface area contributed by atoms with E-state index in [4.69, 9.17) is 6.57 Å². The minimum absolute atomic E-state index is 0.134. The Morgan fingerprint density at radius 3 is 2.59 bits per heavy atom. The van der Waals surface area contributed by atoms with E-state index >= 15 is 0 Å². The second kappa shape index (κ2) is 7.34. The van der Waals surface area contributed by atoms with Crippen LogP contribution < -0.4 is 0 Å². The lowest BCUT2D eigenvalue weighted by Crippen LogP contribution is -2.34. The number of fused-ring (bicyclic) bond motifs is 1. The molecule has 0 amide bonds. The molecule has 0 unspecified atom stereocenters. The number of benzene rings is 1. The Bertz CT molecular complexity index is 1020. The fraction of sp³-hybridized carbons (Fsp3) is 0.318. The lowest BCUT2D eigenvalue weighted by atomic mass is 10.1. The number of rotatable bonds is 4. The Morgan fingerprint density at radius 1 is 1.15 bits per heavy atom. The van der Waals surface area contributed by atoms with Crippen molar-refractivity contribution in [3.63, 3.8) is 0 Å². The van der Waals surface area contributed by atoms with E-state index in [2.05, 4.69) is 19.3 Å². The fourth-order valence-corrected chi connectivity index (χ4v) is 3.98. The number of likely N-dealkylation sites (tertiary alicyclic amines) is 1. The fourth-order valence-electron chi connectivity index (χ4n) is 3.98. The summed E-state index contributed by atoms with van der Waals surface area (Å²) in [5.74, 6) is 0.134. The molecule has 3 aromatic rings. The molecule has 1 aliphatic heterocycles. The molecule has 4 rings (SSSR count). The van der Waals surface area contributed by atoms with E-state index in [1.165, 1.54) is 19.3 Å². The highest BCUT2D eigenvalue weighted by Gasteiger charge is 2.23. The monoisotopic (exact) mass is 358 g/mol. The molecule has 5 heteroatoms. The molecule has 0 radical (unpaired) electrons. The molecule has 1 aliphatic rings. The highest BCUT2D eigenvalue weighted by molar-refractivity contribution is 6.09. The van der Waals surface area contributed by atoms with Gasteiger partial charge in [-0.3, -0.25) is 14.7 Å². The number of hydrogen-bond acceptors (Lipinski definition) is 3. The molecule has 136 valence electrons. The number of pyridine rings is 1. The van der Waals surface area contributed by atoms with Gasteiger partial charge in [0.2, 0.25) is 0 Å². The van der Waals surface area contributed by atoms with Gasteiger partial charge in [0.15, 0.2) is 11.5 Å². The van der Waals surface area contributed by atoms with Crippen molar-refractivity contribution in [2.24, 2.45) is 0 Å². The first-order valence-electron chi connectivity index (χ1n) is 9.38. The number of ketones is 1. The molecule has 1 aromatic carbocycles. The summed E-state index contributed by atoms with van der Waals surface area (Å²) in [7, 11) is 0. The third-order valence-electron chi connectivity index (χ3n) is 5.29. The summed E-state index contributed by atoms with van der Waals surface area (Å²) >= 11 is 0. The molecule has 0 N–H and O–H groups in total. The summed E-state index contributed by atoms with van der Waals surface area (Å²) in [5, 5.41) is 0. The number of carbonyl (C=O) groups is 1. The maximum atomic E-state index is 13.2. The minimum atomic E-state index is 0.134. The molecule has 0 atom stereocenters. The lowest BCUT2D eigenvalue weighted by molar-refractivity contribution is 0.0916. The lowest BCUT2D eigenvalue weighted by Gasteiger charge is -2.25. The van der Waals surface area contributed by atoms with Gasteiger partial charge in [-0.05, 0) is 57.1 Å². The van der Waals surface area contributed by atoms with Gasteiger partial charge < -0.3 is 4.57 Å². The third kappa shape index (κ3) is 3.24. The number of Topliss-reactive ketones (excluding diaryl/α,β-unsaturated/α-hetero) is 1. The maximum Gasteiger partial charge on any atom is 0.187 e. The molecule has 5 nitrogen and oxygen atoms in total. The molecular formula is C22H22N4O. The van der Waals surface area contributed by atoms with Crippen molar-refractivity contribution in [1.82, 2.24) is 14.5 Å².